The zero-order valence-electron chi connectivity index (χ0n) is 17.9. The van der Waals surface area contributed by atoms with Gasteiger partial charge in [0.15, 0.2) is 5.69 Å². The molecule has 1 aliphatic heterocycles. The summed E-state index contributed by atoms with van der Waals surface area (Å²) in [4.78, 5) is 36.7. The number of rotatable bonds is 7. The summed E-state index contributed by atoms with van der Waals surface area (Å²) in [6, 6.07) is 3.47. The third-order valence-electron chi connectivity index (χ3n) is 5.18. The van der Waals surface area contributed by atoms with Crippen LogP contribution >= 0.6 is 0 Å². The van der Waals surface area contributed by atoms with Crippen LogP contribution in [0.3, 0.4) is 0 Å². The van der Waals surface area contributed by atoms with E-state index in [1.54, 1.807) is 26.8 Å². The molecule has 1 aromatic heterocycles. The van der Waals surface area contributed by atoms with Gasteiger partial charge in [0, 0.05) is 12.0 Å². The Morgan fingerprint density at radius 1 is 1.35 bits per heavy atom. The number of primary amides is 1. The molecule has 3 amide bonds. The van der Waals surface area contributed by atoms with E-state index in [-0.39, 0.29) is 23.9 Å². The Bertz CT molecular complexity index is 992. The fourth-order valence-electron chi connectivity index (χ4n) is 3.63. The molecule has 1 fully saturated rings. The lowest BCUT2D eigenvalue weighted by atomic mass is 9.86. The molecule has 31 heavy (non-hydrogen) atoms. The second kappa shape index (κ2) is 9.01. The first-order valence-corrected chi connectivity index (χ1v) is 10.2. The second-order valence-corrected chi connectivity index (χ2v) is 8.76. The summed E-state index contributed by atoms with van der Waals surface area (Å²) in [7, 11) is 0. The number of amides is 3. The quantitative estimate of drug-likeness (QED) is 0.602. The predicted molar refractivity (Wildman–Crippen MR) is 112 cm³/mol. The van der Waals surface area contributed by atoms with Gasteiger partial charge in [-0.05, 0) is 24.3 Å². The van der Waals surface area contributed by atoms with Crippen molar-refractivity contribution in [2.75, 3.05) is 13.2 Å². The highest BCUT2D eigenvalue weighted by Gasteiger charge is 2.34. The van der Waals surface area contributed by atoms with Crippen LogP contribution in [-0.4, -0.2) is 52.8 Å². The van der Waals surface area contributed by atoms with Crippen LogP contribution in [0.2, 0.25) is 0 Å². The smallest absolute Gasteiger partial charge is 0.273 e. The summed E-state index contributed by atoms with van der Waals surface area (Å²) in [5.41, 5.74) is 4.66. The van der Waals surface area contributed by atoms with E-state index in [1.807, 2.05) is 0 Å². The number of para-hydroxylation sites is 1. The van der Waals surface area contributed by atoms with Crippen molar-refractivity contribution in [2.45, 2.75) is 52.3 Å². The Labute approximate surface area is 179 Å². The number of halogens is 1. The van der Waals surface area contributed by atoms with E-state index < -0.39 is 35.0 Å². The van der Waals surface area contributed by atoms with Crippen LogP contribution in [0.15, 0.2) is 18.2 Å². The van der Waals surface area contributed by atoms with Crippen molar-refractivity contribution in [3.8, 4) is 0 Å². The highest BCUT2D eigenvalue weighted by atomic mass is 19.1. The first kappa shape index (κ1) is 22.7. The number of benzene rings is 1. The summed E-state index contributed by atoms with van der Waals surface area (Å²) in [6.07, 6.45) is 1.66. The topological polar surface area (TPSA) is 128 Å². The van der Waals surface area contributed by atoms with Gasteiger partial charge in [0.2, 0.25) is 11.8 Å². The van der Waals surface area contributed by atoms with Gasteiger partial charge < -0.3 is 21.1 Å². The molecule has 0 bridgehead atoms. The van der Waals surface area contributed by atoms with Crippen molar-refractivity contribution in [3.63, 3.8) is 0 Å². The fourth-order valence-corrected chi connectivity index (χ4v) is 3.63. The van der Waals surface area contributed by atoms with E-state index in [4.69, 9.17) is 10.5 Å². The van der Waals surface area contributed by atoms with Crippen LogP contribution < -0.4 is 16.4 Å². The van der Waals surface area contributed by atoms with Crippen LogP contribution in [-0.2, 0) is 20.9 Å². The normalized spacial score (nSPS) is 17.5. The molecule has 10 heteroatoms. The van der Waals surface area contributed by atoms with Crippen molar-refractivity contribution >= 4 is 28.6 Å². The lowest BCUT2D eigenvalue weighted by Gasteiger charge is -2.30. The van der Waals surface area contributed by atoms with Crippen molar-refractivity contribution in [1.82, 2.24) is 20.4 Å². The Morgan fingerprint density at radius 3 is 2.71 bits per heavy atom. The van der Waals surface area contributed by atoms with Gasteiger partial charge in [0.1, 0.15) is 17.4 Å². The average molecular weight is 433 g/mol. The zero-order valence-corrected chi connectivity index (χ0v) is 17.9. The van der Waals surface area contributed by atoms with Gasteiger partial charge in [0.05, 0.1) is 19.2 Å². The van der Waals surface area contributed by atoms with E-state index in [1.165, 1.54) is 16.8 Å². The second-order valence-electron chi connectivity index (χ2n) is 8.76. The molecule has 9 nitrogen and oxygen atoms in total. The largest absolute Gasteiger partial charge is 0.376 e. The third-order valence-corrected chi connectivity index (χ3v) is 5.18. The minimum absolute atomic E-state index is 0.0180. The number of carbonyl (C=O) groups is 3. The molecule has 0 spiro atoms. The molecule has 2 aromatic rings. The number of ether oxygens (including phenoxy) is 1. The van der Waals surface area contributed by atoms with Crippen LogP contribution in [0, 0.1) is 11.2 Å². The Hall–Kier alpha value is -3.01. The first-order valence-electron chi connectivity index (χ1n) is 10.2. The van der Waals surface area contributed by atoms with Gasteiger partial charge >= 0.3 is 0 Å². The monoisotopic (exact) mass is 433 g/mol. The molecule has 0 radical (unpaired) electrons. The van der Waals surface area contributed by atoms with Crippen LogP contribution in [0.25, 0.3) is 10.9 Å². The maximum absolute atomic E-state index is 14.6. The van der Waals surface area contributed by atoms with Gasteiger partial charge in [-0.1, -0.05) is 32.9 Å². The molecule has 0 saturated carbocycles. The predicted octanol–water partition coefficient (Wildman–Crippen LogP) is 1.10. The van der Waals surface area contributed by atoms with Gasteiger partial charge in [0.25, 0.3) is 5.91 Å². The maximum Gasteiger partial charge on any atom is 0.273 e. The number of nitrogens with two attached hydrogens (primary N) is 1. The van der Waals surface area contributed by atoms with E-state index in [0.29, 0.717) is 18.5 Å². The van der Waals surface area contributed by atoms with Gasteiger partial charge in [-0.25, -0.2) is 4.39 Å². The molecule has 1 saturated heterocycles. The Kier molecular flexibility index (Phi) is 6.59. The molecule has 168 valence electrons. The minimum Gasteiger partial charge on any atom is -0.376 e. The highest BCUT2D eigenvalue weighted by Crippen LogP contribution is 2.25. The van der Waals surface area contributed by atoms with Gasteiger partial charge in [-0.3, -0.25) is 19.1 Å². The molecule has 0 aliphatic carbocycles. The number of hydrogen-bond acceptors (Lipinski definition) is 5. The van der Waals surface area contributed by atoms with E-state index >= 15 is 0 Å². The maximum atomic E-state index is 14.6. The average Bonchev–Trinajstić information content (AvgIpc) is 3.32. The SMILES string of the molecule is CC(C)(C)C(NC(=O)c1nn(CC2CCCO2)c2c(F)cccc12)C(=O)NCC(N)=O. The summed E-state index contributed by atoms with van der Waals surface area (Å²) in [5, 5.41) is 9.81. The third kappa shape index (κ3) is 5.19. The number of hydrogen-bond donors (Lipinski definition) is 3. The standard InChI is InChI=1S/C21H28FN5O4/c1-21(2,3)18(20(30)24-10-15(23)28)25-19(29)16-13-7-4-8-14(22)17(13)27(26-16)11-12-6-5-9-31-12/h4,7-8,12,18H,5-6,9-11H2,1-3H3,(H2,23,28)(H,24,30)(H,25,29). The molecule has 2 unspecified atom stereocenters. The summed E-state index contributed by atoms with van der Waals surface area (Å²) in [6.45, 7) is 5.95. The van der Waals surface area contributed by atoms with Crippen LogP contribution in [0.1, 0.15) is 44.1 Å². The molecule has 2 heterocycles. The summed E-state index contributed by atoms with van der Waals surface area (Å²) < 4.78 is 21.7. The van der Waals surface area contributed by atoms with Crippen LogP contribution in [0.4, 0.5) is 4.39 Å². The van der Waals surface area contributed by atoms with E-state index in [9.17, 15) is 18.8 Å². The molecule has 1 aromatic carbocycles. The lowest BCUT2D eigenvalue weighted by Crippen LogP contribution is -2.54. The summed E-state index contributed by atoms with van der Waals surface area (Å²) >= 11 is 0. The lowest BCUT2D eigenvalue weighted by molar-refractivity contribution is -0.128. The zero-order chi connectivity index (χ0) is 22.8. The molecule has 3 rings (SSSR count). The van der Waals surface area contributed by atoms with E-state index in [0.717, 1.165) is 12.8 Å². The molecular formula is C21H28FN5O4. The summed E-state index contributed by atoms with van der Waals surface area (Å²) in [5.74, 6) is -2.35. The van der Waals surface area contributed by atoms with Crippen molar-refractivity contribution in [2.24, 2.45) is 11.1 Å². The number of nitrogens with one attached hydrogen (secondary N) is 2. The number of aromatic nitrogens is 2. The number of carbonyl (C=O) groups excluding carboxylic acids is 3. The van der Waals surface area contributed by atoms with Gasteiger partial charge in [-0.15, -0.1) is 0 Å². The fraction of sp³-hybridized carbons (Fsp3) is 0.524. The molecule has 1 aliphatic rings. The van der Waals surface area contributed by atoms with Crippen LogP contribution in [0.5, 0.6) is 0 Å². The van der Waals surface area contributed by atoms with E-state index in [2.05, 4.69) is 15.7 Å². The molecule has 4 N–H and O–H groups in total. The molecular weight excluding hydrogens is 405 g/mol. The first-order chi connectivity index (χ1) is 14.6. The van der Waals surface area contributed by atoms with Crippen molar-refractivity contribution < 1.29 is 23.5 Å². The number of nitrogens with zero attached hydrogens (tertiary/aromatic N) is 2. The van der Waals surface area contributed by atoms with Crippen molar-refractivity contribution in [3.05, 3.63) is 29.7 Å². The van der Waals surface area contributed by atoms with Crippen molar-refractivity contribution in [1.29, 1.82) is 0 Å². The number of fused-ring (bicyclic) bond motifs is 1. The Balaban J connectivity index is 1.90. The highest BCUT2D eigenvalue weighted by molar-refractivity contribution is 6.06. The molecule has 2 atom stereocenters. The minimum atomic E-state index is -0.966. The van der Waals surface area contributed by atoms with Gasteiger partial charge in [-0.2, -0.15) is 5.10 Å². The Morgan fingerprint density at radius 2 is 2.10 bits per heavy atom.